The van der Waals surface area contributed by atoms with Gasteiger partial charge in [0.1, 0.15) is 42.7 Å². The third-order valence-electron chi connectivity index (χ3n) is 16.3. The number of aliphatic hydroxyl groups is 9. The van der Waals surface area contributed by atoms with Crippen LogP contribution in [-0.4, -0.2) is 138 Å². The molecule has 2 aliphatic heterocycles. The van der Waals surface area contributed by atoms with Crippen molar-refractivity contribution in [2.24, 2.45) is 45.3 Å². The minimum Gasteiger partial charge on any atom is -0.394 e. The van der Waals surface area contributed by atoms with Gasteiger partial charge in [-0.3, -0.25) is 0 Å². The minimum absolute atomic E-state index is 0.0542. The molecule has 316 valence electrons. The first-order chi connectivity index (χ1) is 25.5. The molecule has 0 aromatic rings. The molecule has 2 saturated heterocycles. The van der Waals surface area contributed by atoms with Gasteiger partial charge in [0, 0.05) is 0 Å². The molecule has 13 heteroatoms. The van der Waals surface area contributed by atoms with Gasteiger partial charge in [-0.15, -0.1) is 0 Å². The van der Waals surface area contributed by atoms with Crippen LogP contribution in [0.5, 0.6) is 0 Å². The van der Waals surface area contributed by atoms with Crippen molar-refractivity contribution in [1.29, 1.82) is 0 Å². The summed E-state index contributed by atoms with van der Waals surface area (Å²) in [6, 6.07) is 0. The van der Waals surface area contributed by atoms with E-state index in [4.69, 9.17) is 18.9 Å². The Hall–Kier alpha value is -1.04. The van der Waals surface area contributed by atoms with Crippen LogP contribution < -0.4 is 0 Å². The Morgan fingerprint density at radius 3 is 2.15 bits per heavy atom. The van der Waals surface area contributed by atoms with Crippen LogP contribution in [0.15, 0.2) is 23.8 Å². The first-order valence-corrected chi connectivity index (χ1v) is 20.5. The molecule has 6 rings (SSSR count). The van der Waals surface area contributed by atoms with Crippen LogP contribution in [0, 0.1) is 45.3 Å². The Bertz CT molecular complexity index is 1420. The fourth-order valence-electron chi connectivity index (χ4n) is 12.9. The van der Waals surface area contributed by atoms with Crippen LogP contribution in [-0.2, 0) is 18.9 Å². The van der Waals surface area contributed by atoms with E-state index < -0.39 is 103 Å². The second-order valence-corrected chi connectivity index (χ2v) is 19.6. The summed E-state index contributed by atoms with van der Waals surface area (Å²) >= 11 is 0. The van der Waals surface area contributed by atoms with Crippen molar-refractivity contribution >= 4 is 0 Å². The predicted molar refractivity (Wildman–Crippen MR) is 201 cm³/mol. The molecule has 2 heterocycles. The quantitative estimate of drug-likeness (QED) is 0.121. The van der Waals surface area contributed by atoms with Gasteiger partial charge in [0.25, 0.3) is 0 Å². The number of allylic oxidation sites excluding steroid dienone is 1. The van der Waals surface area contributed by atoms with Gasteiger partial charge in [-0.2, -0.15) is 0 Å². The van der Waals surface area contributed by atoms with Crippen molar-refractivity contribution in [3.63, 3.8) is 0 Å². The second kappa shape index (κ2) is 15.5. The first-order valence-electron chi connectivity index (χ1n) is 20.5. The Morgan fingerprint density at radius 2 is 1.51 bits per heavy atom. The molecule has 9 N–H and O–H groups in total. The van der Waals surface area contributed by atoms with Crippen molar-refractivity contribution < 1.29 is 64.9 Å². The Morgan fingerprint density at radius 1 is 0.836 bits per heavy atom. The van der Waals surface area contributed by atoms with E-state index >= 15 is 0 Å². The largest absolute Gasteiger partial charge is 0.394 e. The monoisotopic (exact) mass is 782 g/mol. The van der Waals surface area contributed by atoms with Gasteiger partial charge in [0.05, 0.1) is 37.1 Å². The van der Waals surface area contributed by atoms with Crippen molar-refractivity contribution in [3.05, 3.63) is 23.8 Å². The SMILES string of the molecule is C=C(C)C(O)C/C=C(\C)[C@H]1CC[C@]2(C)[C@@H]1[C@H](O)C[C@@H]1[C@@]3(C)CC[C@H](O)C(C)(C)[C@@H]3[C@@H](O[C@@H]3O[C@H](CO)[C@@H](O)[C@H](O)[C@H]3O[C@@H]3O[C@@H](C)[C@H](O)[C@@H](O)[C@H]3O)C[C@]12C. The molecule has 1 unspecified atom stereocenters. The fourth-order valence-corrected chi connectivity index (χ4v) is 12.9. The highest BCUT2D eigenvalue weighted by Crippen LogP contribution is 2.76. The van der Waals surface area contributed by atoms with Crippen LogP contribution >= 0.6 is 0 Å². The Balaban J connectivity index is 1.38. The van der Waals surface area contributed by atoms with E-state index in [1.54, 1.807) is 0 Å². The number of hydrogen-bond donors (Lipinski definition) is 9. The molecule has 4 aliphatic carbocycles. The zero-order chi connectivity index (χ0) is 40.7. The molecule has 0 bridgehead atoms. The summed E-state index contributed by atoms with van der Waals surface area (Å²) in [6.07, 6.45) is -10.2. The topological polar surface area (TPSA) is 219 Å². The first kappa shape index (κ1) is 43.5. The maximum Gasteiger partial charge on any atom is 0.187 e. The molecular formula is C42H70O13. The van der Waals surface area contributed by atoms with Crippen LogP contribution in [0.3, 0.4) is 0 Å². The zero-order valence-electron chi connectivity index (χ0n) is 34.0. The van der Waals surface area contributed by atoms with E-state index in [0.717, 1.165) is 18.4 Å². The average Bonchev–Trinajstić information content (AvgIpc) is 3.50. The van der Waals surface area contributed by atoms with E-state index in [2.05, 4.69) is 40.3 Å². The van der Waals surface area contributed by atoms with Gasteiger partial charge >= 0.3 is 0 Å². The van der Waals surface area contributed by atoms with E-state index in [1.807, 2.05) is 20.8 Å². The fraction of sp³-hybridized carbons (Fsp3) is 0.905. The number of hydrogen-bond acceptors (Lipinski definition) is 13. The summed E-state index contributed by atoms with van der Waals surface area (Å²) < 4.78 is 25.1. The molecule has 4 saturated carbocycles. The molecule has 6 fully saturated rings. The molecule has 6 aliphatic rings. The third kappa shape index (κ3) is 7.02. The van der Waals surface area contributed by atoms with Crippen molar-refractivity contribution in [3.8, 4) is 0 Å². The lowest BCUT2D eigenvalue weighted by Gasteiger charge is -2.72. The summed E-state index contributed by atoms with van der Waals surface area (Å²) in [4.78, 5) is 0. The predicted octanol–water partition coefficient (Wildman–Crippen LogP) is 1.92. The second-order valence-electron chi connectivity index (χ2n) is 19.6. The van der Waals surface area contributed by atoms with Crippen LogP contribution in [0.2, 0.25) is 0 Å². The number of aliphatic hydroxyl groups excluding tert-OH is 9. The van der Waals surface area contributed by atoms with Gasteiger partial charge in [-0.1, -0.05) is 58.4 Å². The van der Waals surface area contributed by atoms with E-state index in [0.29, 0.717) is 37.7 Å². The van der Waals surface area contributed by atoms with Gasteiger partial charge in [0.15, 0.2) is 12.6 Å². The Kier molecular flexibility index (Phi) is 12.3. The zero-order valence-corrected chi connectivity index (χ0v) is 34.0. The number of fused-ring (bicyclic) bond motifs is 5. The van der Waals surface area contributed by atoms with Crippen LogP contribution in [0.1, 0.15) is 100 Å². The molecule has 21 atom stereocenters. The normalized spacial score (nSPS) is 53.2. The standard InChI is InChI=1S/C42H70O13/c1-19(2)23(44)11-10-20(3)22-12-15-41(8)29(22)24(45)16-27-40(7)14-13-28(46)39(5,6)36(40)25(17-42(27,41)9)53-38-35(33(50)31(48)26(18-43)54-38)55-37-34(51)32(49)30(47)21(4)52-37/h10,21-38,43-51H,1,11-18H2,2-9H3/b20-10+/t21-,22+,23?,24+,25-,26+,27+,28-,29-,30-,31+,32+,33-,34+,35+,36-,37-,38+,40+,41+,42+/m0/s1. The third-order valence-corrected chi connectivity index (χ3v) is 16.3. The van der Waals surface area contributed by atoms with Crippen molar-refractivity contribution in [2.75, 3.05) is 6.61 Å². The highest BCUT2D eigenvalue weighted by atomic mass is 16.8. The van der Waals surface area contributed by atoms with Gasteiger partial charge in [0.2, 0.25) is 0 Å². The molecule has 0 radical (unpaired) electrons. The lowest BCUT2D eigenvalue weighted by atomic mass is 9.34. The molecule has 0 aromatic carbocycles. The molecule has 0 amide bonds. The summed E-state index contributed by atoms with van der Waals surface area (Å²) in [5, 5.41) is 98.7. The molecule has 55 heavy (non-hydrogen) atoms. The van der Waals surface area contributed by atoms with Gasteiger partial charge in [-0.25, -0.2) is 0 Å². The number of rotatable bonds is 9. The maximum atomic E-state index is 12.2. The van der Waals surface area contributed by atoms with Crippen LogP contribution in [0.4, 0.5) is 0 Å². The lowest BCUT2D eigenvalue weighted by Crippen LogP contribution is -2.71. The molecule has 13 nitrogen and oxygen atoms in total. The molecule has 0 aromatic heterocycles. The highest BCUT2D eigenvalue weighted by Gasteiger charge is 2.73. The Labute approximate surface area is 326 Å². The van der Waals surface area contributed by atoms with E-state index in [9.17, 15) is 46.0 Å². The summed E-state index contributed by atoms with van der Waals surface area (Å²) in [7, 11) is 0. The highest BCUT2D eigenvalue weighted by molar-refractivity contribution is 5.24. The van der Waals surface area contributed by atoms with Crippen molar-refractivity contribution in [1.82, 2.24) is 0 Å². The van der Waals surface area contributed by atoms with E-state index in [1.165, 1.54) is 6.92 Å². The lowest BCUT2D eigenvalue weighted by molar-refractivity contribution is -0.381. The summed E-state index contributed by atoms with van der Waals surface area (Å²) in [5.74, 6) is -0.130. The maximum absolute atomic E-state index is 12.2. The summed E-state index contributed by atoms with van der Waals surface area (Å²) in [5.41, 5.74) is 0.0815. The summed E-state index contributed by atoms with van der Waals surface area (Å²) in [6.45, 7) is 19.7. The van der Waals surface area contributed by atoms with Crippen molar-refractivity contribution in [2.45, 2.75) is 186 Å². The number of ether oxygens (including phenoxy) is 4. The smallest absolute Gasteiger partial charge is 0.187 e. The molecule has 0 spiro atoms. The van der Waals surface area contributed by atoms with Gasteiger partial charge < -0.3 is 64.9 Å². The van der Waals surface area contributed by atoms with E-state index in [-0.39, 0.29) is 34.5 Å². The minimum atomic E-state index is -1.70. The molecular weight excluding hydrogens is 712 g/mol. The van der Waals surface area contributed by atoms with Crippen LogP contribution in [0.25, 0.3) is 0 Å². The average molecular weight is 783 g/mol. The van der Waals surface area contributed by atoms with Gasteiger partial charge in [-0.05, 0) is 111 Å².